The summed E-state index contributed by atoms with van der Waals surface area (Å²) in [5.41, 5.74) is 6.45. The van der Waals surface area contributed by atoms with Crippen LogP contribution in [0.25, 0.3) is 5.57 Å². The van der Waals surface area contributed by atoms with Gasteiger partial charge in [0, 0.05) is 47.8 Å². The molecule has 38 heavy (non-hydrogen) atoms. The molecular formula is C31H41N3O4. The maximum absolute atomic E-state index is 14.0. The van der Waals surface area contributed by atoms with E-state index in [2.05, 4.69) is 37.5 Å². The maximum atomic E-state index is 14.0. The monoisotopic (exact) mass is 519 g/mol. The van der Waals surface area contributed by atoms with E-state index in [9.17, 15) is 9.59 Å². The highest BCUT2D eigenvalue weighted by molar-refractivity contribution is 6.01. The van der Waals surface area contributed by atoms with Crippen molar-refractivity contribution in [3.05, 3.63) is 62.1 Å². The van der Waals surface area contributed by atoms with E-state index in [1.165, 1.54) is 0 Å². The van der Waals surface area contributed by atoms with Crippen molar-refractivity contribution in [1.29, 1.82) is 0 Å². The van der Waals surface area contributed by atoms with Crippen LogP contribution in [0.3, 0.4) is 0 Å². The van der Waals surface area contributed by atoms with Gasteiger partial charge in [-0.3, -0.25) is 9.59 Å². The fraction of sp³-hybridized carbons (Fsp3) is 0.548. The number of benzene rings is 1. The third kappa shape index (κ3) is 4.35. The number of ether oxygens (including phenoxy) is 2. The molecule has 204 valence electrons. The topological polar surface area (TPSA) is 74.9 Å². The number of fused-ring (bicyclic) bond motifs is 2. The third-order valence-electron chi connectivity index (χ3n) is 8.93. The molecule has 7 heteroatoms. The summed E-state index contributed by atoms with van der Waals surface area (Å²) < 4.78 is 13.4. The van der Waals surface area contributed by atoms with Gasteiger partial charge in [-0.05, 0) is 96.7 Å². The molecule has 0 bridgehead atoms. The van der Waals surface area contributed by atoms with Crippen molar-refractivity contribution >= 4 is 11.5 Å². The molecule has 0 radical (unpaired) electrons. The number of aromatic nitrogens is 1. The van der Waals surface area contributed by atoms with Gasteiger partial charge >= 0.3 is 0 Å². The molecule has 1 aromatic carbocycles. The second-order valence-electron chi connectivity index (χ2n) is 11.9. The normalized spacial score (nSPS) is 24.6. The molecule has 7 nitrogen and oxygen atoms in total. The van der Waals surface area contributed by atoms with Crippen LogP contribution < -0.4 is 15.0 Å². The van der Waals surface area contributed by atoms with Crippen LogP contribution in [0.15, 0.2) is 17.4 Å². The molecule has 1 saturated carbocycles. The van der Waals surface area contributed by atoms with E-state index in [0.717, 1.165) is 65.0 Å². The number of hydrogen-bond acceptors (Lipinski definition) is 5. The summed E-state index contributed by atoms with van der Waals surface area (Å²) in [5.74, 6) is 0.825. The van der Waals surface area contributed by atoms with Crippen LogP contribution in [-0.4, -0.2) is 53.2 Å². The second-order valence-corrected chi connectivity index (χ2v) is 11.9. The molecule has 1 atom stereocenters. The molecule has 0 saturated heterocycles. The minimum Gasteiger partial charge on any atom is -0.448 e. The highest BCUT2D eigenvalue weighted by atomic mass is 16.7. The minimum atomic E-state index is -0.770. The molecule has 0 spiro atoms. The molecule has 1 unspecified atom stereocenters. The largest absolute Gasteiger partial charge is 0.448 e. The number of aryl methyl sites for hydroxylation is 2. The van der Waals surface area contributed by atoms with E-state index in [-0.39, 0.29) is 23.9 Å². The van der Waals surface area contributed by atoms with Gasteiger partial charge in [-0.15, -0.1) is 0 Å². The number of allylic oxidation sites excluding steroid dienone is 1. The fourth-order valence-corrected chi connectivity index (χ4v) is 6.73. The van der Waals surface area contributed by atoms with E-state index >= 15 is 0 Å². The lowest BCUT2D eigenvalue weighted by atomic mass is 9.81. The van der Waals surface area contributed by atoms with E-state index < -0.39 is 5.79 Å². The lowest BCUT2D eigenvalue weighted by Crippen LogP contribution is -2.46. The number of aromatic amines is 1. The number of nitrogens with zero attached hydrogens (tertiary/aromatic N) is 2. The Morgan fingerprint density at radius 3 is 2.39 bits per heavy atom. The van der Waals surface area contributed by atoms with E-state index in [1.807, 2.05) is 33.8 Å². The van der Waals surface area contributed by atoms with Gasteiger partial charge in [0.1, 0.15) is 0 Å². The molecule has 5 rings (SSSR count). The number of rotatable bonds is 5. The Morgan fingerprint density at radius 2 is 1.79 bits per heavy atom. The summed E-state index contributed by atoms with van der Waals surface area (Å²) in [6.07, 6.45) is 4.97. The average Bonchev–Trinajstić information content (AvgIpc) is 3.21. The number of H-pyrrole nitrogens is 1. The molecule has 1 aromatic heterocycles. The lowest BCUT2D eigenvalue weighted by molar-refractivity contribution is -0.123. The van der Waals surface area contributed by atoms with Gasteiger partial charge in [-0.2, -0.15) is 0 Å². The number of carbonyl (C=O) groups is 1. The van der Waals surface area contributed by atoms with Gasteiger partial charge in [0.25, 0.3) is 17.3 Å². The van der Waals surface area contributed by atoms with Crippen molar-refractivity contribution in [3.63, 3.8) is 0 Å². The summed E-state index contributed by atoms with van der Waals surface area (Å²) in [7, 11) is 4.30. The molecule has 1 aliphatic carbocycles. The Bertz CT molecular complexity index is 1370. The van der Waals surface area contributed by atoms with Gasteiger partial charge in [0.15, 0.2) is 11.5 Å². The van der Waals surface area contributed by atoms with Gasteiger partial charge < -0.3 is 24.3 Å². The van der Waals surface area contributed by atoms with Crippen molar-refractivity contribution in [3.8, 4) is 11.5 Å². The van der Waals surface area contributed by atoms with Crippen molar-refractivity contribution in [2.24, 2.45) is 5.92 Å². The Labute approximate surface area is 225 Å². The Balaban J connectivity index is 1.49. The van der Waals surface area contributed by atoms with Gasteiger partial charge in [-0.1, -0.05) is 6.58 Å². The molecule has 1 amide bonds. The van der Waals surface area contributed by atoms with E-state index in [0.29, 0.717) is 35.9 Å². The zero-order valence-electron chi connectivity index (χ0n) is 23.9. The number of pyridine rings is 1. The van der Waals surface area contributed by atoms with Crippen LogP contribution in [0.1, 0.15) is 83.4 Å². The average molecular weight is 520 g/mol. The fourth-order valence-electron chi connectivity index (χ4n) is 6.73. The first kappa shape index (κ1) is 26.5. The van der Waals surface area contributed by atoms with Crippen molar-refractivity contribution in [1.82, 2.24) is 14.8 Å². The first-order valence-electron chi connectivity index (χ1n) is 13.8. The quantitative estimate of drug-likeness (QED) is 0.592. The van der Waals surface area contributed by atoms with E-state index in [1.54, 1.807) is 4.90 Å². The highest BCUT2D eigenvalue weighted by Gasteiger charge is 2.49. The summed E-state index contributed by atoms with van der Waals surface area (Å²) in [4.78, 5) is 33.6. The summed E-state index contributed by atoms with van der Waals surface area (Å²) in [5, 5.41) is 0. The van der Waals surface area contributed by atoms with Gasteiger partial charge in [-0.25, -0.2) is 0 Å². The lowest BCUT2D eigenvalue weighted by Gasteiger charge is -2.39. The smallest absolute Gasteiger partial charge is 0.254 e. The van der Waals surface area contributed by atoms with Crippen LogP contribution in [-0.2, 0) is 13.0 Å². The highest BCUT2D eigenvalue weighted by Crippen LogP contribution is 2.53. The molecule has 3 heterocycles. The maximum Gasteiger partial charge on any atom is 0.254 e. The third-order valence-corrected chi connectivity index (χ3v) is 8.93. The van der Waals surface area contributed by atoms with Crippen LogP contribution in [0.5, 0.6) is 11.5 Å². The zero-order valence-corrected chi connectivity index (χ0v) is 23.9. The second kappa shape index (κ2) is 9.60. The summed E-state index contributed by atoms with van der Waals surface area (Å²) in [6.45, 7) is 14.9. The number of carbonyl (C=O) groups excluding carboxylic acids is 1. The van der Waals surface area contributed by atoms with Crippen molar-refractivity contribution in [2.75, 3.05) is 20.6 Å². The van der Waals surface area contributed by atoms with Gasteiger partial charge in [0.05, 0.1) is 12.1 Å². The number of nitrogens with one attached hydrogen (secondary N) is 1. The molecule has 2 aliphatic heterocycles. The molecule has 2 aromatic rings. The Hall–Kier alpha value is -3.06. The zero-order chi connectivity index (χ0) is 27.5. The minimum absolute atomic E-state index is 0.0721. The summed E-state index contributed by atoms with van der Waals surface area (Å²) in [6, 6.07) is 2.54. The van der Waals surface area contributed by atoms with Crippen LogP contribution >= 0.6 is 0 Å². The van der Waals surface area contributed by atoms with E-state index in [4.69, 9.17) is 9.47 Å². The Morgan fingerprint density at radius 1 is 1.13 bits per heavy atom. The van der Waals surface area contributed by atoms with Crippen LogP contribution in [0.4, 0.5) is 0 Å². The molecular weight excluding hydrogens is 478 g/mol. The van der Waals surface area contributed by atoms with Crippen molar-refractivity contribution < 1.29 is 14.3 Å². The SMILES string of the molecule is C=C(C)c1c2c(c(C)c3c1OC(C)(C1CCC(N(C)C)CC1)O3)C(=O)N(Cc1c(C)cc(C)[nH]c1=O)CC2. The van der Waals surface area contributed by atoms with Crippen LogP contribution in [0, 0.1) is 26.7 Å². The Kier molecular flexibility index (Phi) is 6.70. The van der Waals surface area contributed by atoms with Crippen LogP contribution in [0.2, 0.25) is 0 Å². The molecule has 3 aliphatic rings. The molecule has 1 fully saturated rings. The van der Waals surface area contributed by atoms with Crippen molar-refractivity contribution in [2.45, 2.75) is 85.1 Å². The predicted octanol–water partition coefficient (Wildman–Crippen LogP) is 5.14. The predicted molar refractivity (Wildman–Crippen MR) is 150 cm³/mol. The first-order chi connectivity index (χ1) is 17.9. The molecule has 1 N–H and O–H groups in total. The van der Waals surface area contributed by atoms with Gasteiger partial charge in [0.2, 0.25) is 0 Å². The number of hydrogen-bond donors (Lipinski definition) is 1. The number of amides is 1. The standard InChI is InChI=1S/C31H41N3O4/c1-17(2)25-23-13-14-34(16-24-18(3)15-19(4)32-29(24)35)30(36)26(23)20(5)27-28(25)38-31(6,37-27)21-9-11-22(12-10-21)33(7)8/h15,21-22H,1,9-14,16H2,2-8H3,(H,32,35). The first-order valence-corrected chi connectivity index (χ1v) is 13.8. The summed E-state index contributed by atoms with van der Waals surface area (Å²) >= 11 is 0.